The van der Waals surface area contributed by atoms with Crippen LogP contribution < -0.4 is 16.6 Å². The van der Waals surface area contributed by atoms with E-state index in [9.17, 15) is 4.79 Å². The molecule has 0 aliphatic rings. The molecule has 2 rings (SSSR count). The largest absolute Gasteiger partial charge is 0.467 e. The first-order valence-electron chi connectivity index (χ1n) is 5.76. The Bertz CT molecular complexity index is 568. The van der Waals surface area contributed by atoms with Crippen molar-refractivity contribution in [3.63, 3.8) is 0 Å². The molecule has 1 atom stereocenters. The minimum Gasteiger partial charge on any atom is -0.467 e. The van der Waals surface area contributed by atoms with Crippen LogP contribution in [-0.4, -0.2) is 15.9 Å². The van der Waals surface area contributed by atoms with Gasteiger partial charge in [-0.3, -0.25) is 10.2 Å². The number of nitrogens with one attached hydrogen (secondary N) is 2. The fourth-order valence-corrected chi connectivity index (χ4v) is 1.63. The molecule has 0 saturated carbocycles. The van der Waals surface area contributed by atoms with Crippen LogP contribution >= 0.6 is 0 Å². The van der Waals surface area contributed by atoms with Gasteiger partial charge in [-0.1, -0.05) is 0 Å². The van der Waals surface area contributed by atoms with Crippen molar-refractivity contribution < 1.29 is 9.21 Å². The fourth-order valence-electron chi connectivity index (χ4n) is 1.63. The average molecular weight is 261 g/mol. The number of amides is 1. The number of furan rings is 1. The quantitative estimate of drug-likeness (QED) is 0.563. The predicted octanol–water partition coefficient (Wildman–Crippen LogP) is 1.15. The third-order valence-electron chi connectivity index (χ3n) is 2.53. The van der Waals surface area contributed by atoms with E-state index in [1.54, 1.807) is 31.4 Å². The Hall–Kier alpha value is -2.41. The van der Waals surface area contributed by atoms with Crippen molar-refractivity contribution >= 4 is 11.9 Å². The van der Waals surface area contributed by atoms with Crippen LogP contribution in [0.2, 0.25) is 0 Å². The van der Waals surface area contributed by atoms with Crippen LogP contribution in [0.1, 0.15) is 34.9 Å². The molecule has 1 amide bonds. The van der Waals surface area contributed by atoms with Crippen molar-refractivity contribution in [2.24, 2.45) is 5.84 Å². The van der Waals surface area contributed by atoms with Gasteiger partial charge in [0.1, 0.15) is 11.5 Å². The molecule has 0 aromatic carbocycles. The van der Waals surface area contributed by atoms with Crippen LogP contribution in [0, 0.1) is 6.92 Å². The number of hydrogen-bond acceptors (Lipinski definition) is 6. The van der Waals surface area contributed by atoms with E-state index < -0.39 is 0 Å². The van der Waals surface area contributed by atoms with Gasteiger partial charge in [-0.2, -0.15) is 0 Å². The molecular formula is C12H15N5O2. The number of nitrogen functional groups attached to an aromatic ring is 1. The lowest BCUT2D eigenvalue weighted by Gasteiger charge is -2.11. The second kappa shape index (κ2) is 5.49. The monoisotopic (exact) mass is 261 g/mol. The van der Waals surface area contributed by atoms with Gasteiger partial charge in [0, 0.05) is 5.69 Å². The Kier molecular flexibility index (Phi) is 3.76. The Morgan fingerprint density at radius 3 is 2.89 bits per heavy atom. The van der Waals surface area contributed by atoms with Crippen LogP contribution in [0.3, 0.4) is 0 Å². The van der Waals surface area contributed by atoms with E-state index in [1.807, 2.05) is 6.92 Å². The molecule has 2 heterocycles. The lowest BCUT2D eigenvalue weighted by atomic mass is 10.2. The molecule has 0 saturated heterocycles. The van der Waals surface area contributed by atoms with Gasteiger partial charge in [0.25, 0.3) is 5.91 Å². The molecule has 7 heteroatoms. The molecule has 0 aliphatic carbocycles. The molecule has 7 nitrogen and oxygen atoms in total. The lowest BCUT2D eigenvalue weighted by Crippen LogP contribution is -2.28. The molecule has 1 unspecified atom stereocenters. The zero-order valence-electron chi connectivity index (χ0n) is 10.7. The molecule has 2 aromatic heterocycles. The van der Waals surface area contributed by atoms with Crippen molar-refractivity contribution in [2.75, 3.05) is 5.43 Å². The summed E-state index contributed by atoms with van der Waals surface area (Å²) in [6.07, 6.45) is 1.56. The molecule has 19 heavy (non-hydrogen) atoms. The molecule has 0 spiro atoms. The first-order chi connectivity index (χ1) is 9.10. The summed E-state index contributed by atoms with van der Waals surface area (Å²) in [6.45, 7) is 3.59. The predicted molar refractivity (Wildman–Crippen MR) is 69.2 cm³/mol. The SMILES string of the molecule is Cc1cc(C(=O)NC(C)c2ccco2)nc(NN)n1. The second-order valence-electron chi connectivity index (χ2n) is 4.07. The minimum atomic E-state index is -0.314. The highest BCUT2D eigenvalue weighted by atomic mass is 16.3. The zero-order valence-corrected chi connectivity index (χ0v) is 10.7. The number of aromatic nitrogens is 2. The van der Waals surface area contributed by atoms with Gasteiger partial charge in [-0.05, 0) is 32.0 Å². The molecule has 0 aliphatic heterocycles. The number of hydrogen-bond donors (Lipinski definition) is 3. The van der Waals surface area contributed by atoms with Gasteiger partial charge in [0.15, 0.2) is 0 Å². The van der Waals surface area contributed by atoms with Crippen LogP contribution in [0.5, 0.6) is 0 Å². The summed E-state index contributed by atoms with van der Waals surface area (Å²) in [5.74, 6) is 5.81. The van der Waals surface area contributed by atoms with E-state index in [-0.39, 0.29) is 23.6 Å². The first-order valence-corrected chi connectivity index (χ1v) is 5.76. The topological polar surface area (TPSA) is 106 Å². The Morgan fingerprint density at radius 1 is 1.47 bits per heavy atom. The van der Waals surface area contributed by atoms with E-state index in [4.69, 9.17) is 10.3 Å². The smallest absolute Gasteiger partial charge is 0.270 e. The summed E-state index contributed by atoms with van der Waals surface area (Å²) >= 11 is 0. The maximum absolute atomic E-state index is 12.1. The number of nitrogens with two attached hydrogens (primary N) is 1. The van der Waals surface area contributed by atoms with E-state index in [0.717, 1.165) is 0 Å². The number of aryl methyl sites for hydroxylation is 1. The second-order valence-corrected chi connectivity index (χ2v) is 4.07. The molecule has 0 bridgehead atoms. The fraction of sp³-hybridized carbons (Fsp3) is 0.250. The van der Waals surface area contributed by atoms with E-state index in [1.165, 1.54) is 0 Å². The molecular weight excluding hydrogens is 246 g/mol. The first kappa shape index (κ1) is 13.0. The molecule has 2 aromatic rings. The van der Waals surface area contributed by atoms with Gasteiger partial charge < -0.3 is 9.73 Å². The van der Waals surface area contributed by atoms with Gasteiger partial charge in [-0.25, -0.2) is 15.8 Å². The maximum atomic E-state index is 12.1. The van der Waals surface area contributed by atoms with E-state index >= 15 is 0 Å². The standard InChI is InChI=1S/C12H15N5O2/c1-7-6-9(16-12(14-7)17-13)11(18)15-8(2)10-4-3-5-19-10/h3-6,8H,13H2,1-2H3,(H,15,18)(H,14,16,17). The molecule has 0 fully saturated rings. The van der Waals surface area contributed by atoms with Crippen LogP contribution in [0.25, 0.3) is 0 Å². The van der Waals surface area contributed by atoms with E-state index in [0.29, 0.717) is 11.5 Å². The number of carbonyl (C=O) groups is 1. The van der Waals surface area contributed by atoms with Gasteiger partial charge in [0.2, 0.25) is 5.95 Å². The highest BCUT2D eigenvalue weighted by Crippen LogP contribution is 2.13. The third-order valence-corrected chi connectivity index (χ3v) is 2.53. The Labute approximate surface area is 110 Å². The molecule has 100 valence electrons. The molecule has 0 radical (unpaired) electrons. The summed E-state index contributed by atoms with van der Waals surface area (Å²) in [5.41, 5.74) is 3.22. The zero-order chi connectivity index (χ0) is 13.8. The van der Waals surface area contributed by atoms with E-state index in [2.05, 4.69) is 20.7 Å². The summed E-state index contributed by atoms with van der Waals surface area (Å²) < 4.78 is 5.22. The number of nitrogens with zero attached hydrogens (tertiary/aromatic N) is 2. The number of carbonyl (C=O) groups excluding carboxylic acids is 1. The van der Waals surface area contributed by atoms with Crippen LogP contribution in [0.15, 0.2) is 28.9 Å². The highest BCUT2D eigenvalue weighted by molar-refractivity contribution is 5.92. The van der Waals surface area contributed by atoms with Crippen LogP contribution in [0.4, 0.5) is 5.95 Å². The van der Waals surface area contributed by atoms with Gasteiger partial charge >= 0.3 is 0 Å². The summed E-state index contributed by atoms with van der Waals surface area (Å²) in [5, 5.41) is 2.79. The van der Waals surface area contributed by atoms with Crippen LogP contribution in [-0.2, 0) is 0 Å². The van der Waals surface area contributed by atoms with Crippen molar-refractivity contribution in [3.05, 3.63) is 41.6 Å². The normalized spacial score (nSPS) is 11.9. The summed E-state index contributed by atoms with van der Waals surface area (Å²) in [6, 6.07) is 4.91. The lowest BCUT2D eigenvalue weighted by molar-refractivity contribution is 0.0930. The van der Waals surface area contributed by atoms with Gasteiger partial charge in [-0.15, -0.1) is 0 Å². The summed E-state index contributed by atoms with van der Waals surface area (Å²) in [7, 11) is 0. The number of hydrazine groups is 1. The van der Waals surface area contributed by atoms with Crippen molar-refractivity contribution in [1.82, 2.24) is 15.3 Å². The van der Waals surface area contributed by atoms with Gasteiger partial charge in [0.05, 0.1) is 12.3 Å². The maximum Gasteiger partial charge on any atom is 0.270 e. The Morgan fingerprint density at radius 2 is 2.26 bits per heavy atom. The average Bonchev–Trinajstić information content (AvgIpc) is 2.91. The summed E-state index contributed by atoms with van der Waals surface area (Å²) in [4.78, 5) is 20.1. The third kappa shape index (κ3) is 3.08. The minimum absolute atomic E-state index is 0.204. The Balaban J connectivity index is 2.13. The van der Waals surface area contributed by atoms with Crippen molar-refractivity contribution in [1.29, 1.82) is 0 Å². The number of rotatable bonds is 4. The van der Waals surface area contributed by atoms with Crippen molar-refractivity contribution in [3.8, 4) is 0 Å². The highest BCUT2D eigenvalue weighted by Gasteiger charge is 2.15. The number of anilines is 1. The molecule has 4 N–H and O–H groups in total. The van der Waals surface area contributed by atoms with Crippen molar-refractivity contribution in [2.45, 2.75) is 19.9 Å².